The van der Waals surface area contributed by atoms with Gasteiger partial charge in [0.1, 0.15) is 11.4 Å². The minimum absolute atomic E-state index is 0.00578. The molecule has 34 heavy (non-hydrogen) atoms. The highest BCUT2D eigenvalue weighted by atomic mass is 16.5. The maximum absolute atomic E-state index is 11.9. The summed E-state index contributed by atoms with van der Waals surface area (Å²) in [5, 5.41) is 4.39. The van der Waals surface area contributed by atoms with Gasteiger partial charge >= 0.3 is 0 Å². The van der Waals surface area contributed by atoms with Crippen LogP contribution in [0.5, 0.6) is 17.2 Å². The van der Waals surface area contributed by atoms with Crippen LogP contribution in [0.4, 0.5) is 0 Å². The van der Waals surface area contributed by atoms with E-state index < -0.39 is 0 Å². The molecule has 0 aliphatic rings. The number of rotatable bonds is 7. The number of hydrogen-bond acceptors (Lipinski definition) is 6. The number of benzene rings is 2. The first-order chi connectivity index (χ1) is 16.4. The summed E-state index contributed by atoms with van der Waals surface area (Å²) in [4.78, 5) is 16.1. The predicted molar refractivity (Wildman–Crippen MR) is 133 cm³/mol. The molecule has 0 aliphatic carbocycles. The number of aryl methyl sites for hydroxylation is 1. The van der Waals surface area contributed by atoms with Gasteiger partial charge in [0.15, 0.2) is 22.9 Å². The van der Waals surface area contributed by atoms with Crippen molar-refractivity contribution in [2.45, 2.75) is 40.2 Å². The van der Waals surface area contributed by atoms with Crippen molar-refractivity contribution in [1.82, 2.24) is 14.6 Å². The smallest absolute Gasteiger partial charge is 0.182 e. The second-order valence-electron chi connectivity index (χ2n) is 7.96. The number of aromatic nitrogens is 3. The Bertz CT molecular complexity index is 1250. The summed E-state index contributed by atoms with van der Waals surface area (Å²) in [6.45, 7) is 7.94. The Morgan fingerprint density at radius 2 is 1.68 bits per heavy atom. The number of hydrogen-bond donors (Lipinski definition) is 0. The molecule has 0 saturated heterocycles. The minimum atomic E-state index is -0.00578. The molecule has 2 heterocycles. The van der Waals surface area contributed by atoms with E-state index in [1.54, 1.807) is 31.0 Å². The standard InChI is InChI=1S/C17H17N3O3.C10H14O/c1-4-14(21)12-10-17-18-8-7-13(20(17)19-12)11-5-6-15(22-2)16(9-11)23-3;1-8(2)11-10-6-4-9(3)5-7-10/h5-10H,4H2,1-3H3;4-8H,1-3H3. The van der Waals surface area contributed by atoms with E-state index in [0.29, 0.717) is 29.3 Å². The van der Waals surface area contributed by atoms with Gasteiger partial charge in [0.25, 0.3) is 0 Å². The lowest BCUT2D eigenvalue weighted by Crippen LogP contribution is -2.05. The van der Waals surface area contributed by atoms with Crippen LogP contribution >= 0.6 is 0 Å². The van der Waals surface area contributed by atoms with E-state index in [9.17, 15) is 4.79 Å². The zero-order valence-electron chi connectivity index (χ0n) is 20.5. The molecule has 0 N–H and O–H groups in total. The predicted octanol–water partition coefficient (Wildman–Crippen LogP) is 5.79. The highest BCUT2D eigenvalue weighted by Crippen LogP contribution is 2.32. The summed E-state index contributed by atoms with van der Waals surface area (Å²) in [5.41, 5.74) is 4.04. The van der Waals surface area contributed by atoms with Crippen molar-refractivity contribution in [1.29, 1.82) is 0 Å². The van der Waals surface area contributed by atoms with E-state index in [1.807, 2.05) is 57.2 Å². The topological polar surface area (TPSA) is 75.0 Å². The Kier molecular flexibility index (Phi) is 8.24. The maximum atomic E-state index is 11.9. The molecule has 4 rings (SSSR count). The van der Waals surface area contributed by atoms with Crippen molar-refractivity contribution in [2.75, 3.05) is 14.2 Å². The van der Waals surface area contributed by atoms with Crippen LogP contribution in [0.25, 0.3) is 16.9 Å². The fourth-order valence-electron chi connectivity index (χ4n) is 3.32. The highest BCUT2D eigenvalue weighted by Gasteiger charge is 2.14. The first-order valence-corrected chi connectivity index (χ1v) is 11.2. The van der Waals surface area contributed by atoms with Crippen molar-refractivity contribution < 1.29 is 19.0 Å². The Morgan fingerprint density at radius 1 is 0.971 bits per heavy atom. The average Bonchev–Trinajstić information content (AvgIpc) is 3.29. The molecule has 0 radical (unpaired) electrons. The number of fused-ring (bicyclic) bond motifs is 1. The van der Waals surface area contributed by atoms with Crippen LogP contribution in [0.15, 0.2) is 60.8 Å². The quantitative estimate of drug-likeness (QED) is 0.324. The van der Waals surface area contributed by atoms with E-state index >= 15 is 0 Å². The van der Waals surface area contributed by atoms with Crippen molar-refractivity contribution in [3.63, 3.8) is 0 Å². The fraction of sp³-hybridized carbons (Fsp3) is 0.296. The number of ether oxygens (including phenoxy) is 3. The Balaban J connectivity index is 0.000000248. The molecule has 0 spiro atoms. The molecule has 4 aromatic rings. The van der Waals surface area contributed by atoms with Crippen molar-refractivity contribution >= 4 is 11.4 Å². The van der Waals surface area contributed by atoms with Crippen LogP contribution in [-0.2, 0) is 0 Å². The molecule has 0 amide bonds. The molecule has 2 aromatic heterocycles. The van der Waals surface area contributed by atoms with Gasteiger partial charge in [0, 0.05) is 24.2 Å². The molecule has 0 saturated carbocycles. The van der Waals surface area contributed by atoms with Gasteiger partial charge in [0.2, 0.25) is 0 Å². The van der Waals surface area contributed by atoms with Gasteiger partial charge in [-0.2, -0.15) is 5.10 Å². The second-order valence-corrected chi connectivity index (χ2v) is 7.96. The zero-order chi connectivity index (χ0) is 24.7. The fourth-order valence-corrected chi connectivity index (χ4v) is 3.32. The van der Waals surface area contributed by atoms with E-state index in [1.165, 1.54) is 5.56 Å². The van der Waals surface area contributed by atoms with Gasteiger partial charge in [0.05, 0.1) is 26.0 Å². The SMILES string of the molecule is CCC(=O)c1cc2nccc(-c3ccc(OC)c(OC)c3)n2n1.Cc1ccc(OC(C)C)cc1. The lowest BCUT2D eigenvalue weighted by molar-refractivity contribution is 0.0983. The van der Waals surface area contributed by atoms with Crippen molar-refractivity contribution in [3.8, 4) is 28.5 Å². The van der Waals surface area contributed by atoms with Crippen LogP contribution in [0.2, 0.25) is 0 Å². The van der Waals surface area contributed by atoms with Gasteiger partial charge < -0.3 is 14.2 Å². The molecule has 7 nitrogen and oxygen atoms in total. The van der Waals surface area contributed by atoms with Crippen molar-refractivity contribution in [2.24, 2.45) is 0 Å². The number of ketones is 1. The lowest BCUT2D eigenvalue weighted by Gasteiger charge is -2.10. The second kappa shape index (κ2) is 11.3. The first-order valence-electron chi connectivity index (χ1n) is 11.2. The summed E-state index contributed by atoms with van der Waals surface area (Å²) in [7, 11) is 3.19. The number of carbonyl (C=O) groups is 1. The third-order valence-electron chi connectivity index (χ3n) is 5.04. The molecule has 178 valence electrons. The minimum Gasteiger partial charge on any atom is -0.493 e. The summed E-state index contributed by atoms with van der Waals surface area (Å²) < 4.78 is 17.7. The third kappa shape index (κ3) is 5.92. The Labute approximate surface area is 200 Å². The van der Waals surface area contributed by atoms with Crippen LogP contribution in [0.3, 0.4) is 0 Å². The molecule has 0 bridgehead atoms. The monoisotopic (exact) mass is 461 g/mol. The molecule has 0 aliphatic heterocycles. The molecule has 7 heteroatoms. The van der Waals surface area contributed by atoms with Crippen LogP contribution < -0.4 is 14.2 Å². The van der Waals surface area contributed by atoms with Gasteiger partial charge in [-0.15, -0.1) is 0 Å². The Morgan fingerprint density at radius 3 is 2.29 bits per heavy atom. The molecule has 0 unspecified atom stereocenters. The van der Waals surface area contributed by atoms with Gasteiger partial charge in [-0.3, -0.25) is 4.79 Å². The molecular formula is C27H31N3O4. The van der Waals surface area contributed by atoms with Gasteiger partial charge in [-0.05, 0) is 57.2 Å². The van der Waals surface area contributed by atoms with Gasteiger partial charge in [-0.1, -0.05) is 24.6 Å². The first kappa shape index (κ1) is 24.8. The summed E-state index contributed by atoms with van der Waals surface area (Å²) in [5.74, 6) is 2.23. The van der Waals surface area contributed by atoms with Gasteiger partial charge in [-0.25, -0.2) is 9.50 Å². The maximum Gasteiger partial charge on any atom is 0.182 e. The van der Waals surface area contributed by atoms with E-state index in [4.69, 9.17) is 14.2 Å². The third-order valence-corrected chi connectivity index (χ3v) is 5.04. The molecule has 0 fully saturated rings. The normalized spacial score (nSPS) is 10.6. The molecule has 0 atom stereocenters. The number of nitrogens with zero attached hydrogens (tertiary/aromatic N) is 3. The lowest BCUT2D eigenvalue weighted by atomic mass is 10.1. The molecule has 2 aromatic carbocycles. The van der Waals surface area contributed by atoms with E-state index in [2.05, 4.69) is 29.1 Å². The summed E-state index contributed by atoms with van der Waals surface area (Å²) in [6.07, 6.45) is 2.37. The van der Waals surface area contributed by atoms with E-state index in [0.717, 1.165) is 17.0 Å². The highest BCUT2D eigenvalue weighted by molar-refractivity contribution is 5.95. The largest absolute Gasteiger partial charge is 0.493 e. The Hall–Kier alpha value is -3.87. The van der Waals surface area contributed by atoms with Crippen LogP contribution in [0.1, 0.15) is 43.2 Å². The van der Waals surface area contributed by atoms with Crippen LogP contribution in [-0.4, -0.2) is 40.7 Å². The number of methoxy groups -OCH3 is 2. The zero-order valence-corrected chi connectivity index (χ0v) is 20.5. The average molecular weight is 462 g/mol. The number of Topliss-reactive ketones (excluding diaryl/α,β-unsaturated/α-hetero) is 1. The van der Waals surface area contributed by atoms with Crippen LogP contribution in [0, 0.1) is 6.92 Å². The number of carbonyl (C=O) groups excluding carboxylic acids is 1. The van der Waals surface area contributed by atoms with Crippen molar-refractivity contribution in [3.05, 3.63) is 72.1 Å². The molecular weight excluding hydrogens is 430 g/mol. The van der Waals surface area contributed by atoms with E-state index in [-0.39, 0.29) is 11.9 Å². The summed E-state index contributed by atoms with van der Waals surface area (Å²) >= 11 is 0. The summed E-state index contributed by atoms with van der Waals surface area (Å²) in [6, 6.07) is 17.3.